The lowest BCUT2D eigenvalue weighted by atomic mass is 10.00. The van der Waals surface area contributed by atoms with E-state index >= 15 is 0 Å². The molecule has 21 heavy (non-hydrogen) atoms. The van der Waals surface area contributed by atoms with Crippen molar-refractivity contribution in [1.82, 2.24) is 0 Å². The largest absolute Gasteiger partial charge is 0.339 e. The summed E-state index contributed by atoms with van der Waals surface area (Å²) >= 11 is 13.2. The molecular weight excluding hydrogens is 320 g/mol. The third kappa shape index (κ3) is 2.63. The first-order chi connectivity index (χ1) is 9.97. The van der Waals surface area contributed by atoms with E-state index in [0.717, 1.165) is 31.9 Å². The Balaban J connectivity index is 2.24. The van der Waals surface area contributed by atoms with Gasteiger partial charge in [-0.25, -0.2) is 0 Å². The van der Waals surface area contributed by atoms with E-state index in [1.54, 1.807) is 11.3 Å². The molecule has 5 heteroatoms. The summed E-state index contributed by atoms with van der Waals surface area (Å²) in [5, 5.41) is 5.17. The summed E-state index contributed by atoms with van der Waals surface area (Å²) < 4.78 is 0. The van der Waals surface area contributed by atoms with E-state index in [9.17, 15) is 0 Å². The molecule has 2 heterocycles. The van der Waals surface area contributed by atoms with Gasteiger partial charge in [-0.2, -0.15) is 0 Å². The molecule has 1 N–H and O–H groups in total. The summed E-state index contributed by atoms with van der Waals surface area (Å²) in [5.74, 6) is 0. The zero-order valence-corrected chi connectivity index (χ0v) is 14.4. The van der Waals surface area contributed by atoms with E-state index < -0.39 is 0 Å². The zero-order valence-electron chi connectivity index (χ0n) is 12.0. The van der Waals surface area contributed by atoms with Crippen molar-refractivity contribution in [3.8, 4) is 0 Å². The first kappa shape index (κ1) is 14.7. The number of benzene rings is 1. The fourth-order valence-corrected chi connectivity index (χ4v) is 3.78. The van der Waals surface area contributed by atoms with Crippen molar-refractivity contribution in [1.29, 1.82) is 0 Å². The molecule has 2 nitrogen and oxygen atoms in total. The lowest BCUT2D eigenvalue weighted by Crippen LogP contribution is -2.19. The number of halogens is 1. The van der Waals surface area contributed by atoms with Crippen molar-refractivity contribution < 1.29 is 0 Å². The number of hydrogen-bond acceptors (Lipinski definition) is 3. The second-order valence-electron chi connectivity index (χ2n) is 5.14. The molecule has 1 aliphatic rings. The van der Waals surface area contributed by atoms with Crippen LogP contribution in [0, 0.1) is 13.8 Å². The van der Waals surface area contributed by atoms with Crippen LogP contribution >= 0.6 is 35.2 Å². The molecule has 0 aliphatic carbocycles. The molecule has 1 atom stereocenters. The van der Waals surface area contributed by atoms with Crippen molar-refractivity contribution in [2.75, 3.05) is 5.32 Å². The highest BCUT2D eigenvalue weighted by Gasteiger charge is 2.25. The summed E-state index contributed by atoms with van der Waals surface area (Å²) in [5.41, 5.74) is 4.47. The van der Waals surface area contributed by atoms with Crippen molar-refractivity contribution in [2.24, 2.45) is 4.99 Å². The van der Waals surface area contributed by atoms with E-state index in [2.05, 4.69) is 19.2 Å². The lowest BCUT2D eigenvalue weighted by Gasteiger charge is -2.08. The van der Waals surface area contributed by atoms with Gasteiger partial charge in [0.25, 0.3) is 0 Å². The number of thiocarbonyl (C=S) groups is 1. The van der Waals surface area contributed by atoms with Gasteiger partial charge in [-0.3, -0.25) is 4.99 Å². The molecule has 1 aliphatic heterocycles. The predicted octanol–water partition coefficient (Wildman–Crippen LogP) is 5.00. The average molecular weight is 335 g/mol. The SMILES string of the molecule is Cc1sc2c(c1C)C(c1ccc(Cl)cc1)=NC(C)C(=S)N2. The lowest BCUT2D eigenvalue weighted by molar-refractivity contribution is 0.991. The van der Waals surface area contributed by atoms with Crippen LogP contribution in [0.5, 0.6) is 0 Å². The fourth-order valence-electron chi connectivity index (χ4n) is 2.36. The maximum Gasteiger partial charge on any atom is 0.105 e. The summed E-state index contributed by atoms with van der Waals surface area (Å²) in [7, 11) is 0. The Morgan fingerprint density at radius 1 is 1.24 bits per heavy atom. The van der Waals surface area contributed by atoms with Gasteiger partial charge in [-0.15, -0.1) is 11.3 Å². The summed E-state index contributed by atoms with van der Waals surface area (Å²) in [6.45, 7) is 6.28. The Hall–Kier alpha value is -1.23. The van der Waals surface area contributed by atoms with Crippen LogP contribution in [0.1, 0.15) is 28.5 Å². The van der Waals surface area contributed by atoms with E-state index in [0.29, 0.717) is 0 Å². The topological polar surface area (TPSA) is 24.4 Å². The van der Waals surface area contributed by atoms with Gasteiger partial charge < -0.3 is 5.32 Å². The van der Waals surface area contributed by atoms with Gasteiger partial charge in [0.1, 0.15) is 9.99 Å². The number of rotatable bonds is 1. The molecule has 3 rings (SSSR count). The number of thiophene rings is 1. The minimum atomic E-state index is -0.0371. The third-order valence-corrected chi connectivity index (χ3v) is 5.50. The molecule has 0 amide bonds. The van der Waals surface area contributed by atoms with Crippen LogP contribution in [-0.2, 0) is 0 Å². The number of fused-ring (bicyclic) bond motifs is 1. The highest BCUT2D eigenvalue weighted by atomic mass is 35.5. The minimum absolute atomic E-state index is 0.0371. The molecule has 0 spiro atoms. The summed E-state index contributed by atoms with van der Waals surface area (Å²) in [6, 6.07) is 7.78. The summed E-state index contributed by atoms with van der Waals surface area (Å²) in [4.78, 5) is 6.90. The van der Waals surface area contributed by atoms with Crippen molar-refractivity contribution in [2.45, 2.75) is 26.8 Å². The summed E-state index contributed by atoms with van der Waals surface area (Å²) in [6.07, 6.45) is 0. The quantitative estimate of drug-likeness (QED) is 0.742. The Kier molecular flexibility index (Phi) is 3.86. The smallest absolute Gasteiger partial charge is 0.105 e. The van der Waals surface area contributed by atoms with Crippen molar-refractivity contribution in [3.05, 3.63) is 50.9 Å². The highest BCUT2D eigenvalue weighted by molar-refractivity contribution is 7.80. The molecule has 0 bridgehead atoms. The van der Waals surface area contributed by atoms with Crippen LogP contribution in [0.3, 0.4) is 0 Å². The van der Waals surface area contributed by atoms with Gasteiger partial charge in [0.2, 0.25) is 0 Å². The fraction of sp³-hybridized carbons (Fsp3) is 0.250. The molecule has 2 aromatic rings. The molecule has 0 fully saturated rings. The normalized spacial score (nSPS) is 17.8. The standard InChI is InChI=1S/C16H15ClN2S2/c1-8-10(3)21-16-13(8)14(18-9(2)15(20)19-16)11-4-6-12(17)7-5-11/h4-7,9H,1-3H3,(H,19,20). The van der Waals surface area contributed by atoms with E-state index in [1.807, 2.05) is 31.2 Å². The molecule has 1 aromatic heterocycles. The Bertz CT molecular complexity index is 744. The second-order valence-corrected chi connectivity index (χ2v) is 7.24. The monoisotopic (exact) mass is 334 g/mol. The van der Waals surface area contributed by atoms with Gasteiger partial charge in [0.05, 0.1) is 11.8 Å². The van der Waals surface area contributed by atoms with Crippen molar-refractivity contribution >= 4 is 50.9 Å². The number of aliphatic imine (C=N–C) groups is 1. The number of aryl methyl sites for hydroxylation is 1. The van der Waals surface area contributed by atoms with Crippen molar-refractivity contribution in [3.63, 3.8) is 0 Å². The van der Waals surface area contributed by atoms with E-state index in [-0.39, 0.29) is 6.04 Å². The number of anilines is 1. The van der Waals surface area contributed by atoms with E-state index in [1.165, 1.54) is 10.4 Å². The molecule has 0 saturated heterocycles. The first-order valence-electron chi connectivity index (χ1n) is 6.72. The molecule has 1 aromatic carbocycles. The molecule has 0 radical (unpaired) electrons. The minimum Gasteiger partial charge on any atom is -0.339 e. The Labute approximate surface area is 138 Å². The maximum absolute atomic E-state index is 6.00. The van der Waals surface area contributed by atoms with E-state index in [4.69, 9.17) is 28.8 Å². The first-order valence-corrected chi connectivity index (χ1v) is 8.32. The zero-order chi connectivity index (χ0) is 15.1. The van der Waals surface area contributed by atoms with Gasteiger partial charge in [0.15, 0.2) is 0 Å². The van der Waals surface area contributed by atoms with Crippen LogP contribution in [0.25, 0.3) is 0 Å². The second kappa shape index (κ2) is 5.52. The van der Waals surface area contributed by atoms with Crippen LogP contribution in [-0.4, -0.2) is 16.7 Å². The molecule has 0 saturated carbocycles. The highest BCUT2D eigenvalue weighted by Crippen LogP contribution is 2.36. The van der Waals surface area contributed by atoms with Gasteiger partial charge >= 0.3 is 0 Å². The number of nitrogens with one attached hydrogen (secondary N) is 1. The number of nitrogens with zero attached hydrogens (tertiary/aromatic N) is 1. The van der Waals surface area contributed by atoms with Crippen LogP contribution in [0.2, 0.25) is 5.02 Å². The van der Waals surface area contributed by atoms with Gasteiger partial charge in [0, 0.05) is 21.0 Å². The molecule has 1 unspecified atom stereocenters. The van der Waals surface area contributed by atoms with Crippen LogP contribution < -0.4 is 5.32 Å². The Morgan fingerprint density at radius 2 is 1.90 bits per heavy atom. The maximum atomic E-state index is 6.00. The third-order valence-electron chi connectivity index (χ3n) is 3.68. The molecule has 108 valence electrons. The molecular formula is C16H15ClN2S2. The van der Waals surface area contributed by atoms with Gasteiger partial charge in [-0.1, -0.05) is 36.0 Å². The van der Waals surface area contributed by atoms with Gasteiger partial charge in [-0.05, 0) is 38.5 Å². The average Bonchev–Trinajstić information content (AvgIpc) is 2.64. The van der Waals surface area contributed by atoms with Crippen LogP contribution in [0.15, 0.2) is 29.3 Å². The Morgan fingerprint density at radius 3 is 2.57 bits per heavy atom. The van der Waals surface area contributed by atoms with Crippen LogP contribution in [0.4, 0.5) is 5.00 Å². The predicted molar refractivity (Wildman–Crippen MR) is 96.6 cm³/mol. The number of hydrogen-bond donors (Lipinski definition) is 1.